The first kappa shape index (κ1) is 13.9. The lowest BCUT2D eigenvalue weighted by molar-refractivity contribution is -0.117. The van der Waals surface area contributed by atoms with Crippen LogP contribution in [0.1, 0.15) is 24.4 Å². The Bertz CT molecular complexity index is 652. The van der Waals surface area contributed by atoms with E-state index in [-0.39, 0.29) is 23.4 Å². The lowest BCUT2D eigenvalue weighted by Gasteiger charge is -2.06. The molecule has 2 rings (SSSR count). The van der Waals surface area contributed by atoms with Crippen molar-refractivity contribution < 1.29 is 13.7 Å². The first-order valence-electron chi connectivity index (χ1n) is 6.04. The Morgan fingerprint density at radius 3 is 2.95 bits per heavy atom. The van der Waals surface area contributed by atoms with E-state index in [0.29, 0.717) is 11.1 Å². The molecule has 0 fully saturated rings. The number of hydrogen-bond acceptors (Lipinski definition) is 4. The molecule has 5 nitrogen and oxygen atoms in total. The highest BCUT2D eigenvalue weighted by Crippen LogP contribution is 2.20. The van der Waals surface area contributed by atoms with Gasteiger partial charge in [-0.1, -0.05) is 23.9 Å². The number of halogens is 1. The van der Waals surface area contributed by atoms with Crippen molar-refractivity contribution in [3.05, 3.63) is 48.1 Å². The molecule has 0 radical (unpaired) electrons. The molecular weight excluding hydrogens is 261 g/mol. The van der Waals surface area contributed by atoms with Gasteiger partial charge in [0.1, 0.15) is 11.9 Å². The molecule has 0 saturated heterocycles. The third-order valence-corrected chi connectivity index (χ3v) is 2.79. The fraction of sp³-hybridized carbons (Fsp3) is 0.214. The maximum atomic E-state index is 13.5. The second-order valence-corrected chi connectivity index (χ2v) is 4.35. The Morgan fingerprint density at radius 2 is 2.30 bits per heavy atom. The largest absolute Gasteiger partial charge is 0.341 e. The number of benzene rings is 1. The van der Waals surface area contributed by atoms with Gasteiger partial charge in [-0.25, -0.2) is 4.39 Å². The normalized spacial score (nSPS) is 11.9. The van der Waals surface area contributed by atoms with Crippen LogP contribution in [0.2, 0.25) is 0 Å². The average molecular weight is 275 g/mol. The number of rotatable bonds is 4. The van der Waals surface area contributed by atoms with Gasteiger partial charge in [-0.15, -0.1) is 0 Å². The van der Waals surface area contributed by atoms with Crippen molar-refractivity contribution in [2.24, 2.45) is 0 Å². The van der Waals surface area contributed by atoms with Crippen molar-refractivity contribution in [3.63, 3.8) is 0 Å². The molecule has 20 heavy (non-hydrogen) atoms. The van der Waals surface area contributed by atoms with E-state index in [1.54, 1.807) is 26.0 Å². The van der Waals surface area contributed by atoms with Gasteiger partial charge in [0, 0.05) is 5.56 Å². The van der Waals surface area contributed by atoms with Crippen LogP contribution in [0.25, 0.3) is 11.4 Å². The summed E-state index contributed by atoms with van der Waals surface area (Å²) < 4.78 is 18.6. The third kappa shape index (κ3) is 2.90. The number of carbonyl (C=O) groups excluding carboxylic acids is 1. The number of carbonyl (C=O) groups is 1. The molecule has 6 heteroatoms. The van der Waals surface area contributed by atoms with E-state index in [0.717, 1.165) is 6.08 Å². The van der Waals surface area contributed by atoms with E-state index in [1.165, 1.54) is 6.07 Å². The zero-order valence-corrected chi connectivity index (χ0v) is 11.2. The second-order valence-electron chi connectivity index (χ2n) is 4.35. The molecule has 1 unspecified atom stereocenters. The summed E-state index contributed by atoms with van der Waals surface area (Å²) in [4.78, 5) is 15.3. The number of amides is 1. The quantitative estimate of drug-likeness (QED) is 0.871. The summed E-state index contributed by atoms with van der Waals surface area (Å²) >= 11 is 0. The van der Waals surface area contributed by atoms with E-state index < -0.39 is 6.04 Å². The molecule has 0 bridgehead atoms. The molecule has 0 aliphatic heterocycles. The van der Waals surface area contributed by atoms with Gasteiger partial charge in [0.2, 0.25) is 17.6 Å². The van der Waals surface area contributed by atoms with E-state index in [4.69, 9.17) is 4.52 Å². The molecule has 0 aliphatic rings. The number of nitrogens with zero attached hydrogens (tertiary/aromatic N) is 2. The Kier molecular flexibility index (Phi) is 3.93. The van der Waals surface area contributed by atoms with Crippen LogP contribution >= 0.6 is 0 Å². The molecule has 0 saturated carbocycles. The lowest BCUT2D eigenvalue weighted by atomic mass is 10.1. The van der Waals surface area contributed by atoms with Crippen LogP contribution in [0.3, 0.4) is 0 Å². The molecule has 2 aromatic rings. The lowest BCUT2D eigenvalue weighted by Crippen LogP contribution is -2.24. The Morgan fingerprint density at radius 1 is 1.55 bits per heavy atom. The van der Waals surface area contributed by atoms with Crippen LogP contribution in [0, 0.1) is 12.7 Å². The van der Waals surface area contributed by atoms with Crippen molar-refractivity contribution in [2.45, 2.75) is 19.9 Å². The third-order valence-electron chi connectivity index (χ3n) is 2.79. The summed E-state index contributed by atoms with van der Waals surface area (Å²) in [6.45, 7) is 6.73. The summed E-state index contributed by atoms with van der Waals surface area (Å²) in [6, 6.07) is 4.25. The summed E-state index contributed by atoms with van der Waals surface area (Å²) in [5, 5.41) is 6.39. The number of hydrogen-bond donors (Lipinski definition) is 1. The van der Waals surface area contributed by atoms with Crippen LogP contribution in [-0.2, 0) is 4.79 Å². The molecule has 1 amide bonds. The number of nitrogens with one attached hydrogen (secondary N) is 1. The van der Waals surface area contributed by atoms with Crippen LogP contribution in [0.5, 0.6) is 0 Å². The summed E-state index contributed by atoms with van der Waals surface area (Å²) in [6.07, 6.45) is 1.16. The van der Waals surface area contributed by atoms with Gasteiger partial charge < -0.3 is 9.84 Å². The predicted octanol–water partition coefficient (Wildman–Crippen LogP) is 2.55. The Labute approximate surface area is 115 Å². The van der Waals surface area contributed by atoms with Crippen molar-refractivity contribution >= 4 is 5.91 Å². The number of aryl methyl sites for hydroxylation is 1. The van der Waals surface area contributed by atoms with Gasteiger partial charge in [0.25, 0.3) is 0 Å². The molecule has 104 valence electrons. The molecule has 1 heterocycles. The minimum Gasteiger partial charge on any atom is -0.341 e. The smallest absolute Gasteiger partial charge is 0.249 e. The molecule has 0 spiro atoms. The summed E-state index contributed by atoms with van der Waals surface area (Å²) in [5.74, 6) is -0.143. The van der Waals surface area contributed by atoms with Gasteiger partial charge in [-0.2, -0.15) is 4.98 Å². The average Bonchev–Trinajstić information content (AvgIpc) is 2.91. The van der Waals surface area contributed by atoms with E-state index in [9.17, 15) is 9.18 Å². The molecule has 0 aliphatic carbocycles. The van der Waals surface area contributed by atoms with E-state index in [2.05, 4.69) is 22.0 Å². The Balaban J connectivity index is 2.21. The minimum absolute atomic E-state index is 0.246. The highest BCUT2D eigenvalue weighted by atomic mass is 19.1. The van der Waals surface area contributed by atoms with Crippen molar-refractivity contribution in [1.29, 1.82) is 0 Å². The van der Waals surface area contributed by atoms with Crippen LogP contribution in [0.4, 0.5) is 4.39 Å². The molecule has 1 aromatic carbocycles. The van der Waals surface area contributed by atoms with Crippen LogP contribution in [-0.4, -0.2) is 16.0 Å². The van der Waals surface area contributed by atoms with Crippen molar-refractivity contribution in [2.75, 3.05) is 0 Å². The maximum Gasteiger partial charge on any atom is 0.249 e. The topological polar surface area (TPSA) is 68.0 Å². The maximum absolute atomic E-state index is 13.5. The first-order valence-corrected chi connectivity index (χ1v) is 6.04. The Hall–Kier alpha value is -2.50. The van der Waals surface area contributed by atoms with Crippen LogP contribution in [0.15, 0.2) is 35.4 Å². The second kappa shape index (κ2) is 5.64. The molecule has 1 atom stereocenters. The fourth-order valence-electron chi connectivity index (χ4n) is 1.59. The summed E-state index contributed by atoms with van der Waals surface area (Å²) in [5.41, 5.74) is 1.06. The van der Waals surface area contributed by atoms with Crippen molar-refractivity contribution in [1.82, 2.24) is 15.5 Å². The zero-order valence-electron chi connectivity index (χ0n) is 11.2. The van der Waals surface area contributed by atoms with E-state index in [1.807, 2.05) is 0 Å². The van der Waals surface area contributed by atoms with Gasteiger partial charge >= 0.3 is 0 Å². The van der Waals surface area contributed by atoms with Gasteiger partial charge in [-0.3, -0.25) is 4.79 Å². The van der Waals surface area contributed by atoms with Crippen LogP contribution < -0.4 is 5.32 Å². The fourth-order valence-corrected chi connectivity index (χ4v) is 1.59. The van der Waals surface area contributed by atoms with Gasteiger partial charge in [0.15, 0.2) is 0 Å². The molecular formula is C14H14FN3O2. The van der Waals surface area contributed by atoms with Crippen molar-refractivity contribution in [3.8, 4) is 11.4 Å². The standard InChI is InChI=1S/C14H14FN3O2/c1-4-12(19)16-9(3)14-17-13(18-20-14)10-6-5-8(2)11(15)7-10/h4-7,9H,1H2,2-3H3,(H,16,19). The number of aromatic nitrogens is 2. The highest BCUT2D eigenvalue weighted by molar-refractivity contribution is 5.87. The zero-order chi connectivity index (χ0) is 14.7. The first-order chi connectivity index (χ1) is 9.51. The summed E-state index contributed by atoms with van der Waals surface area (Å²) in [7, 11) is 0. The SMILES string of the molecule is C=CC(=O)NC(C)c1nc(-c2ccc(C)c(F)c2)no1. The molecule has 1 aromatic heterocycles. The monoisotopic (exact) mass is 275 g/mol. The van der Waals surface area contributed by atoms with E-state index >= 15 is 0 Å². The highest BCUT2D eigenvalue weighted by Gasteiger charge is 2.16. The van der Waals surface area contributed by atoms with Gasteiger partial charge in [-0.05, 0) is 31.6 Å². The predicted molar refractivity (Wildman–Crippen MR) is 71.2 cm³/mol. The minimum atomic E-state index is -0.447. The molecule has 1 N–H and O–H groups in total. The van der Waals surface area contributed by atoms with Gasteiger partial charge in [0.05, 0.1) is 0 Å².